The Hall–Kier alpha value is -1.73. The van der Waals surface area contributed by atoms with E-state index in [4.69, 9.17) is 4.74 Å². The number of nitrogens with zero attached hydrogens (tertiary/aromatic N) is 2. The number of amides is 2. The van der Waals surface area contributed by atoms with Crippen molar-refractivity contribution in [2.45, 2.75) is 0 Å². The van der Waals surface area contributed by atoms with E-state index in [1.807, 2.05) is 0 Å². The third-order valence-corrected chi connectivity index (χ3v) is 3.44. The van der Waals surface area contributed by atoms with Crippen LogP contribution >= 0.6 is 0 Å². The molecule has 1 N–H and O–H groups in total. The number of carbonyl (C=O) groups excluding carboxylic acids is 1. The highest BCUT2D eigenvalue weighted by Gasteiger charge is 2.21. The maximum Gasteiger partial charge on any atom is 0.321 e. The highest BCUT2D eigenvalue weighted by molar-refractivity contribution is 5.89. The molecule has 21 heavy (non-hydrogen) atoms. The first kappa shape index (κ1) is 15.7. The smallest absolute Gasteiger partial charge is 0.321 e. The molecule has 1 heterocycles. The second-order valence-corrected chi connectivity index (χ2v) is 4.88. The van der Waals surface area contributed by atoms with E-state index in [2.05, 4.69) is 10.2 Å². The summed E-state index contributed by atoms with van der Waals surface area (Å²) in [7, 11) is 1.66. The molecule has 2 rings (SSSR count). The van der Waals surface area contributed by atoms with Crippen LogP contribution < -0.4 is 5.32 Å². The second-order valence-electron chi connectivity index (χ2n) is 4.88. The van der Waals surface area contributed by atoms with Crippen molar-refractivity contribution in [1.29, 1.82) is 0 Å². The van der Waals surface area contributed by atoms with Crippen LogP contribution in [0.15, 0.2) is 18.2 Å². The van der Waals surface area contributed by atoms with Crippen molar-refractivity contribution >= 4 is 11.7 Å². The van der Waals surface area contributed by atoms with Crippen molar-refractivity contribution in [1.82, 2.24) is 9.80 Å². The summed E-state index contributed by atoms with van der Waals surface area (Å²) >= 11 is 0. The van der Waals surface area contributed by atoms with Gasteiger partial charge in [-0.15, -0.1) is 0 Å². The summed E-state index contributed by atoms with van der Waals surface area (Å²) in [6.45, 7) is 4.25. The Morgan fingerprint density at radius 1 is 1.24 bits per heavy atom. The maximum atomic E-state index is 13.1. The van der Waals surface area contributed by atoms with Gasteiger partial charge in [-0.1, -0.05) is 0 Å². The molecule has 1 saturated heterocycles. The third kappa shape index (κ3) is 4.37. The van der Waals surface area contributed by atoms with Gasteiger partial charge in [-0.05, 0) is 12.1 Å². The van der Waals surface area contributed by atoms with Gasteiger partial charge in [0.1, 0.15) is 0 Å². The van der Waals surface area contributed by atoms with Crippen LogP contribution in [0, 0.1) is 11.6 Å². The fourth-order valence-electron chi connectivity index (χ4n) is 2.17. The predicted molar refractivity (Wildman–Crippen MR) is 75.3 cm³/mol. The zero-order chi connectivity index (χ0) is 15.2. The Morgan fingerprint density at radius 3 is 2.57 bits per heavy atom. The number of benzene rings is 1. The Morgan fingerprint density at radius 2 is 1.95 bits per heavy atom. The minimum Gasteiger partial charge on any atom is -0.383 e. The van der Waals surface area contributed by atoms with Gasteiger partial charge in [0, 0.05) is 51.6 Å². The summed E-state index contributed by atoms with van der Waals surface area (Å²) in [5, 5.41) is 2.57. The number of piperazine rings is 1. The number of methoxy groups -OCH3 is 1. The molecule has 0 bridgehead atoms. The average Bonchev–Trinajstić information content (AvgIpc) is 2.49. The maximum absolute atomic E-state index is 13.1. The average molecular weight is 299 g/mol. The number of nitrogens with one attached hydrogen (secondary N) is 1. The normalized spacial score (nSPS) is 16.0. The van der Waals surface area contributed by atoms with Crippen LogP contribution in [0.1, 0.15) is 0 Å². The Kier molecular flexibility index (Phi) is 5.46. The van der Waals surface area contributed by atoms with Crippen molar-refractivity contribution in [3.05, 3.63) is 29.8 Å². The molecule has 7 heteroatoms. The highest BCUT2D eigenvalue weighted by Crippen LogP contribution is 2.14. The first-order valence-electron chi connectivity index (χ1n) is 6.82. The number of ether oxygens (including phenoxy) is 1. The minimum absolute atomic E-state index is 0.251. The lowest BCUT2D eigenvalue weighted by molar-refractivity contribution is 0.109. The van der Waals surface area contributed by atoms with Crippen molar-refractivity contribution in [3.8, 4) is 0 Å². The van der Waals surface area contributed by atoms with Gasteiger partial charge in [-0.25, -0.2) is 13.6 Å². The molecule has 0 saturated carbocycles. The molecule has 0 aliphatic carbocycles. The Labute approximate surface area is 122 Å². The highest BCUT2D eigenvalue weighted by atomic mass is 19.2. The van der Waals surface area contributed by atoms with E-state index in [1.165, 1.54) is 6.07 Å². The molecule has 0 unspecified atom stereocenters. The van der Waals surface area contributed by atoms with E-state index in [0.717, 1.165) is 31.8 Å². The van der Waals surface area contributed by atoms with E-state index < -0.39 is 11.6 Å². The van der Waals surface area contributed by atoms with Gasteiger partial charge in [0.25, 0.3) is 0 Å². The molecule has 1 aromatic rings. The molecule has 0 spiro atoms. The summed E-state index contributed by atoms with van der Waals surface area (Å²) < 4.78 is 30.9. The minimum atomic E-state index is -0.975. The van der Waals surface area contributed by atoms with Crippen molar-refractivity contribution < 1.29 is 18.3 Å². The number of rotatable bonds is 4. The van der Waals surface area contributed by atoms with E-state index in [0.29, 0.717) is 19.7 Å². The third-order valence-electron chi connectivity index (χ3n) is 3.44. The zero-order valence-electron chi connectivity index (χ0n) is 11.9. The number of hydrogen-bond donors (Lipinski definition) is 1. The topological polar surface area (TPSA) is 44.8 Å². The molecule has 1 aliphatic rings. The van der Waals surface area contributed by atoms with Gasteiger partial charge >= 0.3 is 6.03 Å². The van der Waals surface area contributed by atoms with E-state index in [-0.39, 0.29) is 11.7 Å². The van der Waals surface area contributed by atoms with Gasteiger partial charge in [-0.3, -0.25) is 4.90 Å². The largest absolute Gasteiger partial charge is 0.383 e. The van der Waals surface area contributed by atoms with Gasteiger partial charge in [0.05, 0.1) is 6.61 Å². The van der Waals surface area contributed by atoms with Crippen LogP contribution in [0.4, 0.5) is 19.3 Å². The van der Waals surface area contributed by atoms with Crippen LogP contribution in [0.3, 0.4) is 0 Å². The van der Waals surface area contributed by atoms with Crippen LogP contribution in [-0.2, 0) is 4.74 Å². The molecule has 1 aromatic carbocycles. The summed E-state index contributed by atoms with van der Waals surface area (Å²) in [4.78, 5) is 15.9. The van der Waals surface area contributed by atoms with Gasteiger partial charge in [0.2, 0.25) is 0 Å². The molecular formula is C14H19F2N3O2. The van der Waals surface area contributed by atoms with E-state index >= 15 is 0 Å². The summed E-state index contributed by atoms with van der Waals surface area (Å²) in [5.41, 5.74) is 0.251. The van der Waals surface area contributed by atoms with Crippen molar-refractivity contribution in [2.24, 2.45) is 0 Å². The van der Waals surface area contributed by atoms with Gasteiger partial charge < -0.3 is 15.0 Å². The molecule has 0 atom stereocenters. The predicted octanol–water partition coefficient (Wildman–Crippen LogP) is 1.76. The summed E-state index contributed by atoms with van der Waals surface area (Å²) in [6, 6.07) is 3.01. The number of anilines is 1. The molecule has 0 aromatic heterocycles. The monoisotopic (exact) mass is 299 g/mol. The molecule has 0 radical (unpaired) electrons. The molecule has 2 amide bonds. The molecule has 116 valence electrons. The van der Waals surface area contributed by atoms with Gasteiger partial charge in [-0.2, -0.15) is 0 Å². The standard InChI is InChI=1S/C14H19F2N3O2/c1-21-9-8-18-4-6-19(7-5-18)14(20)17-11-2-3-12(15)13(16)10-11/h2-3,10H,4-9H2,1H3,(H,17,20). The zero-order valence-corrected chi connectivity index (χ0v) is 11.9. The van der Waals surface area contributed by atoms with E-state index in [1.54, 1.807) is 12.0 Å². The lowest BCUT2D eigenvalue weighted by Gasteiger charge is -2.34. The number of urea groups is 1. The van der Waals surface area contributed by atoms with Crippen molar-refractivity contribution in [3.63, 3.8) is 0 Å². The molecular weight excluding hydrogens is 280 g/mol. The summed E-state index contributed by atoms with van der Waals surface area (Å²) in [5.74, 6) is -1.91. The lowest BCUT2D eigenvalue weighted by atomic mass is 10.3. The van der Waals surface area contributed by atoms with Crippen molar-refractivity contribution in [2.75, 3.05) is 51.8 Å². The lowest BCUT2D eigenvalue weighted by Crippen LogP contribution is -2.50. The first-order chi connectivity index (χ1) is 10.1. The van der Waals surface area contributed by atoms with Crippen LogP contribution in [0.25, 0.3) is 0 Å². The number of carbonyl (C=O) groups is 1. The van der Waals surface area contributed by atoms with Crippen LogP contribution in [0.5, 0.6) is 0 Å². The second kappa shape index (κ2) is 7.33. The quantitative estimate of drug-likeness (QED) is 0.921. The SMILES string of the molecule is COCCN1CCN(C(=O)Nc2ccc(F)c(F)c2)CC1. The fraction of sp³-hybridized carbons (Fsp3) is 0.500. The number of halogens is 2. The molecule has 1 aliphatic heterocycles. The number of hydrogen-bond acceptors (Lipinski definition) is 3. The molecule has 5 nitrogen and oxygen atoms in total. The molecule has 1 fully saturated rings. The Balaban J connectivity index is 1.83. The summed E-state index contributed by atoms with van der Waals surface area (Å²) in [6.07, 6.45) is 0. The van der Waals surface area contributed by atoms with E-state index in [9.17, 15) is 13.6 Å². The fourth-order valence-corrected chi connectivity index (χ4v) is 2.17. The Bertz CT molecular complexity index is 491. The van der Waals surface area contributed by atoms with Crippen LogP contribution in [-0.4, -0.2) is 62.3 Å². The van der Waals surface area contributed by atoms with Crippen LogP contribution in [0.2, 0.25) is 0 Å². The van der Waals surface area contributed by atoms with Gasteiger partial charge in [0.15, 0.2) is 11.6 Å². The first-order valence-corrected chi connectivity index (χ1v) is 6.82.